The van der Waals surface area contributed by atoms with Gasteiger partial charge < -0.3 is 25.0 Å². The molecule has 1 aromatic rings. The lowest BCUT2D eigenvalue weighted by atomic mass is 10.2. The van der Waals surface area contributed by atoms with Crippen LogP contribution in [0.1, 0.15) is 12.5 Å². The number of hydrogen-bond donors (Lipinski definition) is 2. The van der Waals surface area contributed by atoms with Gasteiger partial charge in [-0.25, -0.2) is 0 Å². The van der Waals surface area contributed by atoms with E-state index in [0.29, 0.717) is 18.0 Å². The van der Waals surface area contributed by atoms with Crippen molar-refractivity contribution in [1.82, 2.24) is 20.4 Å². The van der Waals surface area contributed by atoms with Crippen LogP contribution in [0.5, 0.6) is 11.5 Å². The molecule has 2 N–H and O–H groups in total. The lowest BCUT2D eigenvalue weighted by Crippen LogP contribution is -2.50. The van der Waals surface area contributed by atoms with Crippen LogP contribution >= 0.6 is 0 Å². The Balaban J connectivity index is 1.73. The van der Waals surface area contributed by atoms with Crippen LogP contribution in [-0.4, -0.2) is 82.2 Å². The first-order chi connectivity index (χ1) is 13.1. The molecule has 150 valence electrons. The summed E-state index contributed by atoms with van der Waals surface area (Å²) in [7, 11) is 5.02. The highest BCUT2D eigenvalue weighted by molar-refractivity contribution is 5.79. The Kier molecular flexibility index (Phi) is 8.19. The number of piperazine rings is 1. The van der Waals surface area contributed by atoms with Crippen LogP contribution in [0.4, 0.5) is 0 Å². The molecule has 1 aliphatic rings. The third-order valence-electron chi connectivity index (χ3n) is 4.67. The van der Waals surface area contributed by atoms with E-state index in [0.717, 1.165) is 50.8 Å². The molecule has 0 bridgehead atoms. The van der Waals surface area contributed by atoms with Gasteiger partial charge in [0.15, 0.2) is 17.5 Å². The van der Waals surface area contributed by atoms with Crippen LogP contribution in [-0.2, 0) is 11.3 Å². The maximum Gasteiger partial charge on any atom is 0.219 e. The predicted molar refractivity (Wildman–Crippen MR) is 106 cm³/mol. The van der Waals surface area contributed by atoms with Gasteiger partial charge in [0.05, 0.1) is 14.2 Å². The summed E-state index contributed by atoms with van der Waals surface area (Å²) in [6, 6.07) is 5.84. The van der Waals surface area contributed by atoms with Crippen molar-refractivity contribution in [2.45, 2.75) is 13.5 Å². The molecule has 1 aliphatic heterocycles. The van der Waals surface area contributed by atoms with E-state index in [2.05, 4.69) is 20.5 Å². The molecule has 0 spiro atoms. The van der Waals surface area contributed by atoms with E-state index < -0.39 is 0 Å². The van der Waals surface area contributed by atoms with E-state index in [-0.39, 0.29) is 5.91 Å². The fraction of sp³-hybridized carbons (Fsp3) is 0.579. The first-order valence-electron chi connectivity index (χ1n) is 9.20. The highest BCUT2D eigenvalue weighted by Crippen LogP contribution is 2.27. The lowest BCUT2D eigenvalue weighted by molar-refractivity contribution is -0.130. The van der Waals surface area contributed by atoms with Gasteiger partial charge in [-0.1, -0.05) is 6.07 Å². The summed E-state index contributed by atoms with van der Waals surface area (Å²) in [5, 5.41) is 6.64. The van der Waals surface area contributed by atoms with Crippen molar-refractivity contribution < 1.29 is 14.3 Å². The molecule has 1 aromatic carbocycles. The van der Waals surface area contributed by atoms with Crippen LogP contribution in [0.2, 0.25) is 0 Å². The number of nitrogens with one attached hydrogen (secondary N) is 2. The number of guanidine groups is 1. The SMILES string of the molecule is CN=C(NCCN1CCN(C(C)=O)CC1)NCc1ccc(OC)c(OC)c1. The van der Waals surface area contributed by atoms with E-state index in [1.165, 1.54) is 0 Å². The predicted octanol–water partition coefficient (Wildman–Crippen LogP) is 0.533. The molecule has 0 saturated carbocycles. The first kappa shape index (κ1) is 20.8. The van der Waals surface area contributed by atoms with Gasteiger partial charge in [0.2, 0.25) is 5.91 Å². The Labute approximate surface area is 161 Å². The Morgan fingerprint density at radius 2 is 1.81 bits per heavy atom. The molecule has 1 saturated heterocycles. The molecule has 27 heavy (non-hydrogen) atoms. The Morgan fingerprint density at radius 3 is 2.41 bits per heavy atom. The van der Waals surface area contributed by atoms with E-state index in [9.17, 15) is 4.79 Å². The van der Waals surface area contributed by atoms with Crippen molar-refractivity contribution in [3.05, 3.63) is 23.8 Å². The van der Waals surface area contributed by atoms with Crippen LogP contribution < -0.4 is 20.1 Å². The topological polar surface area (TPSA) is 78.4 Å². The molecule has 8 nitrogen and oxygen atoms in total. The highest BCUT2D eigenvalue weighted by atomic mass is 16.5. The van der Waals surface area contributed by atoms with Crippen molar-refractivity contribution in [1.29, 1.82) is 0 Å². The number of carbonyl (C=O) groups is 1. The smallest absolute Gasteiger partial charge is 0.219 e. The molecule has 0 unspecified atom stereocenters. The molecular formula is C19H31N5O3. The van der Waals surface area contributed by atoms with Gasteiger partial charge in [-0.2, -0.15) is 0 Å². The van der Waals surface area contributed by atoms with Crippen molar-refractivity contribution >= 4 is 11.9 Å². The number of hydrogen-bond acceptors (Lipinski definition) is 5. The van der Waals surface area contributed by atoms with Crippen LogP contribution in [0.25, 0.3) is 0 Å². The number of benzene rings is 1. The second-order valence-electron chi connectivity index (χ2n) is 6.39. The molecule has 1 heterocycles. The second-order valence-corrected chi connectivity index (χ2v) is 6.39. The number of aliphatic imine (C=N–C) groups is 1. The van der Waals surface area contributed by atoms with Gasteiger partial charge in [0.25, 0.3) is 0 Å². The average molecular weight is 377 g/mol. The third-order valence-corrected chi connectivity index (χ3v) is 4.67. The zero-order chi connectivity index (χ0) is 19.6. The zero-order valence-corrected chi connectivity index (χ0v) is 16.7. The minimum Gasteiger partial charge on any atom is -0.493 e. The molecule has 1 amide bonds. The van der Waals surface area contributed by atoms with E-state index >= 15 is 0 Å². The van der Waals surface area contributed by atoms with Gasteiger partial charge >= 0.3 is 0 Å². The minimum atomic E-state index is 0.160. The summed E-state index contributed by atoms with van der Waals surface area (Å²) < 4.78 is 10.6. The third kappa shape index (κ3) is 6.32. The van der Waals surface area contributed by atoms with Crippen LogP contribution in [0, 0.1) is 0 Å². The summed E-state index contributed by atoms with van der Waals surface area (Å²) in [4.78, 5) is 19.9. The number of amides is 1. The van der Waals surface area contributed by atoms with E-state index in [4.69, 9.17) is 9.47 Å². The van der Waals surface area contributed by atoms with Gasteiger partial charge in [-0.3, -0.25) is 14.7 Å². The maximum atomic E-state index is 11.4. The standard InChI is InChI=1S/C19H31N5O3/c1-15(25)24-11-9-23(10-12-24)8-7-21-19(20-2)22-14-16-5-6-17(26-3)18(13-16)27-4/h5-6,13H,7-12,14H2,1-4H3,(H2,20,21,22). The number of methoxy groups -OCH3 is 2. The van der Waals surface area contributed by atoms with Gasteiger partial charge in [0.1, 0.15) is 0 Å². The summed E-state index contributed by atoms with van der Waals surface area (Å²) in [5.74, 6) is 2.35. The summed E-state index contributed by atoms with van der Waals surface area (Å²) in [6.07, 6.45) is 0. The number of nitrogens with zero attached hydrogens (tertiary/aromatic N) is 3. The first-order valence-corrected chi connectivity index (χ1v) is 9.20. The van der Waals surface area contributed by atoms with Gasteiger partial charge in [0, 0.05) is 59.8 Å². The zero-order valence-electron chi connectivity index (χ0n) is 16.7. The number of carbonyl (C=O) groups excluding carboxylic acids is 1. The van der Waals surface area contributed by atoms with E-state index in [1.807, 2.05) is 23.1 Å². The molecule has 2 rings (SSSR count). The number of ether oxygens (including phenoxy) is 2. The monoisotopic (exact) mass is 377 g/mol. The van der Waals surface area contributed by atoms with Crippen molar-refractivity contribution in [2.24, 2.45) is 4.99 Å². The normalized spacial score (nSPS) is 15.4. The quantitative estimate of drug-likeness (QED) is 0.533. The Morgan fingerprint density at radius 1 is 1.11 bits per heavy atom. The molecule has 0 radical (unpaired) electrons. The molecule has 1 fully saturated rings. The van der Waals surface area contributed by atoms with Crippen molar-refractivity contribution in [3.63, 3.8) is 0 Å². The number of rotatable bonds is 7. The fourth-order valence-corrected chi connectivity index (χ4v) is 3.02. The average Bonchev–Trinajstić information content (AvgIpc) is 2.70. The summed E-state index contributed by atoms with van der Waals surface area (Å²) in [5.41, 5.74) is 1.08. The minimum absolute atomic E-state index is 0.160. The highest BCUT2D eigenvalue weighted by Gasteiger charge is 2.17. The molecule has 0 aliphatic carbocycles. The Bertz CT molecular complexity index is 642. The van der Waals surface area contributed by atoms with Crippen molar-refractivity contribution in [2.75, 3.05) is 60.5 Å². The van der Waals surface area contributed by atoms with Crippen LogP contribution in [0.15, 0.2) is 23.2 Å². The maximum absolute atomic E-state index is 11.4. The van der Waals surface area contributed by atoms with Crippen LogP contribution in [0.3, 0.4) is 0 Å². The Hall–Kier alpha value is -2.48. The summed E-state index contributed by atoms with van der Waals surface area (Å²) >= 11 is 0. The van der Waals surface area contributed by atoms with Gasteiger partial charge in [-0.15, -0.1) is 0 Å². The molecular weight excluding hydrogens is 346 g/mol. The molecule has 0 aromatic heterocycles. The fourth-order valence-electron chi connectivity index (χ4n) is 3.02. The van der Waals surface area contributed by atoms with E-state index in [1.54, 1.807) is 28.2 Å². The second kappa shape index (κ2) is 10.6. The summed E-state index contributed by atoms with van der Waals surface area (Å²) in [6.45, 7) is 7.43. The molecule has 0 atom stereocenters. The molecule has 8 heteroatoms. The largest absolute Gasteiger partial charge is 0.493 e. The van der Waals surface area contributed by atoms with Crippen molar-refractivity contribution in [3.8, 4) is 11.5 Å². The lowest BCUT2D eigenvalue weighted by Gasteiger charge is -2.34. The van der Waals surface area contributed by atoms with Gasteiger partial charge in [-0.05, 0) is 17.7 Å².